The summed E-state index contributed by atoms with van der Waals surface area (Å²) in [5.74, 6) is -0.495. The Morgan fingerprint density at radius 1 is 0.212 bits per heavy atom. The van der Waals surface area contributed by atoms with E-state index in [9.17, 15) is 13.2 Å². The van der Waals surface area contributed by atoms with E-state index in [0.717, 1.165) is 101 Å². The molecular weight excluding hydrogens is 982 g/mol. The second-order valence-electron chi connectivity index (χ2n) is 21.5. The zero-order valence-corrected chi connectivity index (χ0v) is 48.7. The summed E-state index contributed by atoms with van der Waals surface area (Å²) in [5, 5.41) is 0. The largest absolute Gasteiger partial charge is 0.206 e. The maximum absolute atomic E-state index is 14.8. The quantitative estimate of drug-likeness (QED) is 0.0560. The molecular formula is C77H85F3. The molecule has 0 fully saturated rings. The number of aryl methyl sites for hydroxylation is 6. The van der Waals surface area contributed by atoms with Gasteiger partial charge in [0.2, 0.25) is 0 Å². The van der Waals surface area contributed by atoms with Gasteiger partial charge in [0.05, 0.1) is 0 Å². The highest BCUT2D eigenvalue weighted by Gasteiger charge is 2.12. The molecule has 0 amide bonds. The van der Waals surface area contributed by atoms with Crippen LogP contribution < -0.4 is 0 Å². The molecule has 0 radical (unpaired) electrons. The third-order valence-electron chi connectivity index (χ3n) is 15.3. The molecule has 0 saturated carbocycles. The van der Waals surface area contributed by atoms with Gasteiger partial charge in [-0.3, -0.25) is 0 Å². The molecule has 9 rings (SSSR count). The summed E-state index contributed by atoms with van der Waals surface area (Å²) in [6, 6.07) is 67.0. The van der Waals surface area contributed by atoms with Crippen molar-refractivity contribution in [2.24, 2.45) is 0 Å². The van der Waals surface area contributed by atoms with E-state index in [1.807, 2.05) is 72.8 Å². The Hall–Kier alpha value is -7.23. The topological polar surface area (TPSA) is 0 Å². The normalized spacial score (nSPS) is 10.9. The predicted molar refractivity (Wildman–Crippen MR) is 339 cm³/mol. The van der Waals surface area contributed by atoms with Crippen molar-refractivity contribution in [1.29, 1.82) is 0 Å². The van der Waals surface area contributed by atoms with Crippen molar-refractivity contribution in [2.75, 3.05) is 0 Å². The van der Waals surface area contributed by atoms with Crippen LogP contribution in [0.15, 0.2) is 200 Å². The van der Waals surface area contributed by atoms with E-state index >= 15 is 0 Å². The molecule has 80 heavy (non-hydrogen) atoms. The average molecular weight is 1070 g/mol. The minimum Gasteiger partial charge on any atom is -0.206 e. The minimum atomic E-state index is -0.168. The van der Waals surface area contributed by atoms with E-state index in [1.54, 1.807) is 18.2 Å². The molecule has 0 saturated heterocycles. The molecule has 0 bridgehead atoms. The van der Waals surface area contributed by atoms with Crippen molar-refractivity contribution in [1.82, 2.24) is 0 Å². The SMILES string of the molecule is CCCCCc1ccc(-c2ccc(-c3ccc(CC)cc3)c(F)c2)cc1.CCCCCc1ccc(-c2ccc(-c3ccc(CCC)cc3)c(F)c2)cc1.CCCCCc1ccc(-c2ccc(-c3ccc(CCC)cc3)cc2F)cc1. The summed E-state index contributed by atoms with van der Waals surface area (Å²) in [4.78, 5) is 0. The first kappa shape index (κ1) is 60.4. The lowest BCUT2D eigenvalue weighted by Gasteiger charge is -2.09. The summed E-state index contributed by atoms with van der Waals surface area (Å²) >= 11 is 0. The number of hydrogen-bond donors (Lipinski definition) is 0. The number of rotatable bonds is 23. The highest BCUT2D eigenvalue weighted by Crippen LogP contribution is 2.32. The van der Waals surface area contributed by atoms with Gasteiger partial charge in [0.15, 0.2) is 0 Å². The van der Waals surface area contributed by atoms with Crippen molar-refractivity contribution in [3.05, 3.63) is 251 Å². The first-order valence-corrected chi connectivity index (χ1v) is 30.1. The molecule has 0 heterocycles. The predicted octanol–water partition coefficient (Wildman–Crippen LogP) is 23.1. The van der Waals surface area contributed by atoms with Crippen LogP contribution in [0, 0.1) is 17.5 Å². The molecule has 3 heteroatoms. The number of benzene rings is 9. The highest BCUT2D eigenvalue weighted by atomic mass is 19.1. The van der Waals surface area contributed by atoms with Gasteiger partial charge in [0, 0.05) is 16.7 Å². The lowest BCUT2D eigenvalue weighted by atomic mass is 9.97. The van der Waals surface area contributed by atoms with Gasteiger partial charge >= 0.3 is 0 Å². The Bertz CT molecular complexity index is 3220. The molecule has 0 aliphatic rings. The summed E-state index contributed by atoms with van der Waals surface area (Å²) in [6.07, 6.45) is 20.0. The first-order valence-electron chi connectivity index (χ1n) is 30.1. The van der Waals surface area contributed by atoms with Crippen LogP contribution in [0.2, 0.25) is 0 Å². The first-order chi connectivity index (χ1) is 39.1. The van der Waals surface area contributed by atoms with Crippen molar-refractivity contribution in [3.8, 4) is 66.8 Å². The summed E-state index contributed by atoms with van der Waals surface area (Å²) in [5.41, 5.74) is 18.7. The van der Waals surface area contributed by atoms with Crippen LogP contribution in [0.5, 0.6) is 0 Å². The fourth-order valence-electron chi connectivity index (χ4n) is 10.3. The molecule has 9 aromatic carbocycles. The van der Waals surface area contributed by atoms with Crippen LogP contribution in [0.1, 0.15) is 146 Å². The van der Waals surface area contributed by atoms with E-state index in [0.29, 0.717) is 16.7 Å². The Balaban J connectivity index is 0.000000173. The van der Waals surface area contributed by atoms with Gasteiger partial charge in [0.1, 0.15) is 17.5 Å². The molecule has 0 aromatic heterocycles. The third kappa shape index (κ3) is 17.9. The Kier molecular flexibility index (Phi) is 24.3. The van der Waals surface area contributed by atoms with Crippen LogP contribution in [0.25, 0.3) is 66.8 Å². The maximum Gasteiger partial charge on any atom is 0.131 e. The molecule has 0 unspecified atom stereocenters. The van der Waals surface area contributed by atoms with Gasteiger partial charge in [-0.05, 0) is 159 Å². The molecule has 414 valence electrons. The summed E-state index contributed by atoms with van der Waals surface area (Å²) < 4.78 is 44.2. The second-order valence-corrected chi connectivity index (χ2v) is 21.5. The molecule has 0 nitrogen and oxygen atoms in total. The Labute approximate surface area is 479 Å². The van der Waals surface area contributed by atoms with Crippen LogP contribution in [0.4, 0.5) is 13.2 Å². The van der Waals surface area contributed by atoms with Crippen molar-refractivity contribution in [2.45, 2.75) is 151 Å². The highest BCUT2D eigenvalue weighted by molar-refractivity contribution is 5.74. The summed E-state index contributed by atoms with van der Waals surface area (Å²) in [7, 11) is 0. The van der Waals surface area contributed by atoms with Gasteiger partial charge in [-0.1, -0.05) is 275 Å². The summed E-state index contributed by atoms with van der Waals surface area (Å²) in [6.45, 7) is 13.1. The Morgan fingerprint density at radius 3 is 0.662 bits per heavy atom. The molecule has 0 spiro atoms. The molecule has 0 aliphatic carbocycles. The van der Waals surface area contributed by atoms with Crippen LogP contribution in [-0.4, -0.2) is 0 Å². The third-order valence-corrected chi connectivity index (χ3v) is 15.3. The van der Waals surface area contributed by atoms with Gasteiger partial charge < -0.3 is 0 Å². The monoisotopic (exact) mass is 1070 g/mol. The maximum atomic E-state index is 14.8. The smallest absolute Gasteiger partial charge is 0.131 e. The fraction of sp³-hybridized carbons (Fsp3) is 0.299. The van der Waals surface area contributed by atoms with E-state index < -0.39 is 0 Å². The van der Waals surface area contributed by atoms with Crippen LogP contribution in [-0.2, 0) is 38.5 Å². The van der Waals surface area contributed by atoms with Gasteiger partial charge in [0.25, 0.3) is 0 Å². The second kappa shape index (κ2) is 32.1. The van der Waals surface area contributed by atoms with Gasteiger partial charge in [-0.25, -0.2) is 13.2 Å². The van der Waals surface area contributed by atoms with E-state index in [-0.39, 0.29) is 17.5 Å². The number of halogens is 3. The zero-order valence-electron chi connectivity index (χ0n) is 48.7. The zero-order chi connectivity index (χ0) is 56.5. The van der Waals surface area contributed by atoms with Crippen molar-refractivity contribution >= 4 is 0 Å². The molecule has 0 N–H and O–H groups in total. The molecule has 9 aromatic rings. The van der Waals surface area contributed by atoms with Crippen molar-refractivity contribution in [3.63, 3.8) is 0 Å². The standard InChI is InChI=1S/2C26H29F.C25H27F/c1-3-5-6-8-21-9-13-22(14-10-21)24-17-18-25(26(27)19-24)23-15-11-20(7-4-2)12-16-23;1-3-5-6-8-21-11-15-23(16-12-21)25-18-17-24(19-26(25)27)22-13-9-20(7-4-2)10-14-22;1-3-5-6-7-20-10-12-21(13-11-20)23-16-17-24(25(26)18-23)22-14-8-19(4-2)9-15-22/h2*9-19H,3-8H2,1-2H3;8-18H,3-7H2,1-2H3. The number of hydrogen-bond acceptors (Lipinski definition) is 0. The lowest BCUT2D eigenvalue weighted by molar-refractivity contribution is 0.631. The van der Waals surface area contributed by atoms with Crippen molar-refractivity contribution < 1.29 is 13.2 Å². The molecule has 0 aliphatic heterocycles. The van der Waals surface area contributed by atoms with E-state index in [2.05, 4.69) is 151 Å². The molecule has 0 atom stereocenters. The van der Waals surface area contributed by atoms with Crippen LogP contribution >= 0.6 is 0 Å². The van der Waals surface area contributed by atoms with Gasteiger partial charge in [-0.2, -0.15) is 0 Å². The van der Waals surface area contributed by atoms with E-state index in [1.165, 1.54) is 91.2 Å². The van der Waals surface area contributed by atoms with Gasteiger partial charge in [-0.15, -0.1) is 0 Å². The number of unbranched alkanes of at least 4 members (excludes halogenated alkanes) is 6. The average Bonchev–Trinajstić information content (AvgIpc) is 3.49. The van der Waals surface area contributed by atoms with Crippen LogP contribution in [0.3, 0.4) is 0 Å². The Morgan fingerprint density at radius 2 is 0.438 bits per heavy atom. The van der Waals surface area contributed by atoms with E-state index in [4.69, 9.17) is 0 Å². The lowest BCUT2D eigenvalue weighted by Crippen LogP contribution is -1.89. The minimum absolute atomic E-state index is 0.163. The fourth-order valence-corrected chi connectivity index (χ4v) is 10.3.